The van der Waals surface area contributed by atoms with Crippen molar-refractivity contribution in [3.63, 3.8) is 0 Å². The fourth-order valence-electron chi connectivity index (χ4n) is 2.30. The molecule has 2 heterocycles. The summed E-state index contributed by atoms with van der Waals surface area (Å²) in [5, 5.41) is 0.267. The number of halogens is 1. The van der Waals surface area contributed by atoms with Crippen LogP contribution in [0.2, 0.25) is 0 Å². The summed E-state index contributed by atoms with van der Waals surface area (Å²) in [5.41, 5.74) is 0.853. The molecule has 0 unspecified atom stereocenters. The first kappa shape index (κ1) is 13.4. The molecule has 21 heavy (non-hydrogen) atoms. The molecule has 0 saturated carbocycles. The summed E-state index contributed by atoms with van der Waals surface area (Å²) >= 11 is 0. The van der Waals surface area contributed by atoms with Crippen molar-refractivity contribution in [2.75, 3.05) is 0 Å². The van der Waals surface area contributed by atoms with E-state index in [4.69, 9.17) is 0 Å². The van der Waals surface area contributed by atoms with Gasteiger partial charge in [0.2, 0.25) is 0 Å². The largest absolute Gasteiger partial charge is 0.268 e. The first-order valence-electron chi connectivity index (χ1n) is 6.70. The second kappa shape index (κ2) is 5.09. The standard InChI is InChI=1S/C16H14FN3O/c1-10(2)15-19-14-6-5-11(17)8-13(14)16(21)20(15)12-4-3-7-18-9-12/h3-10H,1-2H3. The molecule has 0 aliphatic carbocycles. The van der Waals surface area contributed by atoms with Crippen molar-refractivity contribution in [3.8, 4) is 5.69 Å². The van der Waals surface area contributed by atoms with Crippen LogP contribution in [0.1, 0.15) is 25.6 Å². The van der Waals surface area contributed by atoms with Crippen molar-refractivity contribution >= 4 is 10.9 Å². The van der Waals surface area contributed by atoms with Crippen molar-refractivity contribution < 1.29 is 4.39 Å². The SMILES string of the molecule is CC(C)c1nc2ccc(F)cc2c(=O)n1-c1cccnc1. The van der Waals surface area contributed by atoms with Crippen LogP contribution >= 0.6 is 0 Å². The third-order valence-corrected chi connectivity index (χ3v) is 3.28. The summed E-state index contributed by atoms with van der Waals surface area (Å²) in [6.07, 6.45) is 3.23. The smallest absolute Gasteiger partial charge is 0.266 e. The minimum Gasteiger partial charge on any atom is -0.268 e. The van der Waals surface area contributed by atoms with E-state index in [0.717, 1.165) is 0 Å². The number of rotatable bonds is 2. The highest BCUT2D eigenvalue weighted by Crippen LogP contribution is 2.18. The molecule has 0 N–H and O–H groups in total. The van der Waals surface area contributed by atoms with Gasteiger partial charge in [-0.3, -0.25) is 14.3 Å². The van der Waals surface area contributed by atoms with Crippen LogP contribution in [0.4, 0.5) is 4.39 Å². The van der Waals surface area contributed by atoms with E-state index in [1.54, 1.807) is 24.5 Å². The number of hydrogen-bond donors (Lipinski definition) is 0. The lowest BCUT2D eigenvalue weighted by Gasteiger charge is -2.15. The molecule has 2 aromatic heterocycles. The summed E-state index contributed by atoms with van der Waals surface area (Å²) < 4.78 is 14.9. The van der Waals surface area contributed by atoms with E-state index < -0.39 is 5.82 Å². The van der Waals surface area contributed by atoms with Gasteiger partial charge in [-0.1, -0.05) is 13.8 Å². The Bertz CT molecular complexity index is 857. The number of nitrogens with zero attached hydrogens (tertiary/aromatic N) is 3. The zero-order chi connectivity index (χ0) is 15.0. The Morgan fingerprint density at radius 3 is 2.71 bits per heavy atom. The van der Waals surface area contributed by atoms with Gasteiger partial charge < -0.3 is 0 Å². The van der Waals surface area contributed by atoms with Crippen LogP contribution in [0.25, 0.3) is 16.6 Å². The Kier molecular flexibility index (Phi) is 3.25. The van der Waals surface area contributed by atoms with Gasteiger partial charge >= 0.3 is 0 Å². The molecule has 0 saturated heterocycles. The summed E-state index contributed by atoms with van der Waals surface area (Å²) in [6, 6.07) is 7.61. The number of hydrogen-bond acceptors (Lipinski definition) is 3. The third kappa shape index (κ3) is 2.31. The molecule has 106 valence electrons. The Hall–Kier alpha value is -2.56. The molecular formula is C16H14FN3O. The second-order valence-electron chi connectivity index (χ2n) is 5.14. The average Bonchev–Trinajstić information content (AvgIpc) is 2.48. The van der Waals surface area contributed by atoms with Gasteiger partial charge in [-0.25, -0.2) is 9.37 Å². The number of aromatic nitrogens is 3. The molecule has 0 aliphatic heterocycles. The molecule has 0 fully saturated rings. The number of fused-ring (bicyclic) bond motifs is 1. The monoisotopic (exact) mass is 283 g/mol. The van der Waals surface area contributed by atoms with Gasteiger partial charge in [0, 0.05) is 12.1 Å². The molecule has 5 heteroatoms. The zero-order valence-electron chi connectivity index (χ0n) is 11.7. The topological polar surface area (TPSA) is 47.8 Å². The molecule has 0 bridgehead atoms. The Morgan fingerprint density at radius 2 is 2.05 bits per heavy atom. The van der Waals surface area contributed by atoms with Crippen LogP contribution in [0, 0.1) is 5.82 Å². The lowest BCUT2D eigenvalue weighted by molar-refractivity contribution is 0.629. The molecule has 0 atom stereocenters. The molecule has 0 aliphatic rings. The normalized spacial score (nSPS) is 11.2. The van der Waals surface area contributed by atoms with Crippen molar-refractivity contribution in [1.82, 2.24) is 14.5 Å². The molecular weight excluding hydrogens is 269 g/mol. The molecule has 4 nitrogen and oxygen atoms in total. The van der Waals surface area contributed by atoms with E-state index in [1.807, 2.05) is 13.8 Å². The van der Waals surface area contributed by atoms with Crippen molar-refractivity contribution in [3.05, 3.63) is 64.7 Å². The average molecular weight is 283 g/mol. The van der Waals surface area contributed by atoms with E-state index in [-0.39, 0.29) is 16.9 Å². The summed E-state index contributed by atoms with van der Waals surface area (Å²) in [4.78, 5) is 21.3. The first-order valence-corrected chi connectivity index (χ1v) is 6.70. The summed E-state index contributed by atoms with van der Waals surface area (Å²) in [6.45, 7) is 3.92. The molecule has 3 aromatic rings. The van der Waals surface area contributed by atoms with Gasteiger partial charge in [-0.15, -0.1) is 0 Å². The fourth-order valence-corrected chi connectivity index (χ4v) is 2.30. The van der Waals surface area contributed by atoms with E-state index in [1.165, 1.54) is 22.8 Å². The highest BCUT2D eigenvalue weighted by atomic mass is 19.1. The lowest BCUT2D eigenvalue weighted by atomic mass is 10.1. The Balaban J connectivity index is 2.43. The first-order chi connectivity index (χ1) is 10.1. The van der Waals surface area contributed by atoms with Gasteiger partial charge in [0.1, 0.15) is 11.6 Å². The zero-order valence-corrected chi connectivity index (χ0v) is 11.7. The Morgan fingerprint density at radius 1 is 1.24 bits per heavy atom. The van der Waals surface area contributed by atoms with Crippen LogP contribution in [0.5, 0.6) is 0 Å². The van der Waals surface area contributed by atoms with Crippen molar-refractivity contribution in [2.45, 2.75) is 19.8 Å². The molecule has 3 rings (SSSR count). The van der Waals surface area contributed by atoms with E-state index >= 15 is 0 Å². The quantitative estimate of drug-likeness (QED) is 0.726. The van der Waals surface area contributed by atoms with E-state index in [0.29, 0.717) is 17.0 Å². The van der Waals surface area contributed by atoms with Crippen molar-refractivity contribution in [1.29, 1.82) is 0 Å². The predicted octanol–water partition coefficient (Wildman–Crippen LogP) is 3.04. The van der Waals surface area contributed by atoms with Crippen LogP contribution in [-0.4, -0.2) is 14.5 Å². The Labute approximate surface area is 120 Å². The van der Waals surface area contributed by atoms with Crippen LogP contribution in [-0.2, 0) is 0 Å². The third-order valence-electron chi connectivity index (χ3n) is 3.28. The van der Waals surface area contributed by atoms with Crippen LogP contribution in [0.15, 0.2) is 47.5 Å². The van der Waals surface area contributed by atoms with Gasteiger partial charge in [0.15, 0.2) is 0 Å². The highest BCUT2D eigenvalue weighted by Gasteiger charge is 2.15. The number of pyridine rings is 1. The molecule has 1 aromatic carbocycles. The molecule has 0 amide bonds. The maximum Gasteiger partial charge on any atom is 0.266 e. The van der Waals surface area contributed by atoms with E-state index in [2.05, 4.69) is 9.97 Å². The van der Waals surface area contributed by atoms with Crippen molar-refractivity contribution in [2.24, 2.45) is 0 Å². The summed E-state index contributed by atoms with van der Waals surface area (Å²) in [5.74, 6) is 0.232. The summed E-state index contributed by atoms with van der Waals surface area (Å²) in [7, 11) is 0. The minimum absolute atomic E-state index is 0.0485. The molecule has 0 radical (unpaired) electrons. The van der Waals surface area contributed by atoms with Crippen LogP contribution in [0.3, 0.4) is 0 Å². The highest BCUT2D eigenvalue weighted by molar-refractivity contribution is 5.78. The fraction of sp³-hybridized carbons (Fsp3) is 0.188. The second-order valence-corrected chi connectivity index (χ2v) is 5.14. The van der Waals surface area contributed by atoms with Gasteiger partial charge in [-0.2, -0.15) is 0 Å². The van der Waals surface area contributed by atoms with Gasteiger partial charge in [-0.05, 0) is 30.3 Å². The van der Waals surface area contributed by atoms with Gasteiger partial charge in [0.25, 0.3) is 5.56 Å². The number of benzene rings is 1. The maximum atomic E-state index is 13.4. The van der Waals surface area contributed by atoms with Crippen LogP contribution < -0.4 is 5.56 Å². The lowest BCUT2D eigenvalue weighted by Crippen LogP contribution is -2.24. The maximum absolute atomic E-state index is 13.4. The predicted molar refractivity (Wildman–Crippen MR) is 79.2 cm³/mol. The van der Waals surface area contributed by atoms with Gasteiger partial charge in [0.05, 0.1) is 22.8 Å². The molecule has 0 spiro atoms. The van der Waals surface area contributed by atoms with E-state index in [9.17, 15) is 9.18 Å². The minimum atomic E-state index is -0.448.